The molecule has 0 N–H and O–H groups in total. The zero-order valence-corrected chi connectivity index (χ0v) is 32.1. The molecule has 4 aromatic rings. The number of esters is 2. The Morgan fingerprint density at radius 3 is 1.43 bits per heavy atom. The van der Waals surface area contributed by atoms with Gasteiger partial charge in [-0.1, -0.05) is 48.5 Å². The molecule has 0 saturated carbocycles. The molecule has 0 bridgehead atoms. The summed E-state index contributed by atoms with van der Waals surface area (Å²) in [4.78, 5) is 33.7. The highest BCUT2D eigenvalue weighted by molar-refractivity contribution is 7.99. The normalized spacial score (nSPS) is 14.8. The number of nitrogens with zero attached hydrogens (tertiary/aromatic N) is 2. The minimum absolute atomic E-state index is 0.256. The van der Waals surface area contributed by atoms with Gasteiger partial charge in [0.25, 0.3) is 0 Å². The van der Waals surface area contributed by atoms with Crippen LogP contribution in [0.5, 0.6) is 11.5 Å². The first kappa shape index (κ1) is 38.6. The van der Waals surface area contributed by atoms with Crippen molar-refractivity contribution in [1.29, 1.82) is 0 Å². The Kier molecular flexibility index (Phi) is 14.4. The van der Waals surface area contributed by atoms with Crippen molar-refractivity contribution in [2.45, 2.75) is 48.7 Å². The van der Waals surface area contributed by atoms with E-state index in [0.29, 0.717) is 26.4 Å². The maximum atomic E-state index is 13.2. The molecule has 0 spiro atoms. The maximum absolute atomic E-state index is 13.2. The van der Waals surface area contributed by atoms with Gasteiger partial charge in [0.05, 0.1) is 24.5 Å². The van der Waals surface area contributed by atoms with Gasteiger partial charge >= 0.3 is 11.9 Å². The lowest BCUT2D eigenvalue weighted by Gasteiger charge is -2.30. The van der Waals surface area contributed by atoms with Gasteiger partial charge < -0.3 is 33.5 Å². The molecular weight excluding hydrogens is 709 g/mol. The van der Waals surface area contributed by atoms with Crippen LogP contribution in [0.3, 0.4) is 0 Å². The first-order valence-electron chi connectivity index (χ1n) is 18.4. The van der Waals surface area contributed by atoms with Gasteiger partial charge in [0.2, 0.25) is 0 Å². The van der Waals surface area contributed by atoms with Crippen LogP contribution in [0.1, 0.15) is 25.0 Å². The molecule has 280 valence electrons. The van der Waals surface area contributed by atoms with Crippen LogP contribution < -0.4 is 19.3 Å². The van der Waals surface area contributed by atoms with Crippen LogP contribution in [0.4, 0.5) is 11.4 Å². The molecular formula is C42H48N2O7S2. The van der Waals surface area contributed by atoms with E-state index in [2.05, 4.69) is 58.3 Å². The van der Waals surface area contributed by atoms with Gasteiger partial charge in [0.1, 0.15) is 24.7 Å². The van der Waals surface area contributed by atoms with Gasteiger partial charge in [-0.2, -0.15) is 0 Å². The summed E-state index contributed by atoms with van der Waals surface area (Å²) in [7, 11) is 0. The SMILES string of the molecule is CCOC(Cc1ccc(OCCN2CCSc3ccccc32)cc1)C(=O)OC(=O)C(Cc1ccc(OCCN2CCSc3ccccc32)cc1)OCC. The highest BCUT2D eigenvalue weighted by Gasteiger charge is 2.29. The molecule has 0 fully saturated rings. The third-order valence-corrected chi connectivity index (χ3v) is 11.1. The van der Waals surface area contributed by atoms with Crippen LogP contribution in [0, 0.1) is 0 Å². The van der Waals surface area contributed by atoms with Gasteiger partial charge in [0, 0.05) is 60.4 Å². The zero-order valence-electron chi connectivity index (χ0n) is 30.4. The van der Waals surface area contributed by atoms with Crippen molar-refractivity contribution in [3.63, 3.8) is 0 Å². The number of fused-ring (bicyclic) bond motifs is 2. The molecule has 0 aliphatic carbocycles. The van der Waals surface area contributed by atoms with Crippen molar-refractivity contribution < 1.29 is 33.3 Å². The third-order valence-electron chi connectivity index (χ3n) is 9.06. The van der Waals surface area contributed by atoms with Gasteiger partial charge in [-0.3, -0.25) is 0 Å². The number of benzene rings is 4. The first-order valence-corrected chi connectivity index (χ1v) is 20.3. The van der Waals surface area contributed by atoms with Crippen LogP contribution in [0.15, 0.2) is 107 Å². The van der Waals surface area contributed by atoms with Crippen LogP contribution in [-0.4, -0.2) is 88.3 Å². The summed E-state index contributed by atoms with van der Waals surface area (Å²) in [6.07, 6.45) is -1.37. The molecule has 53 heavy (non-hydrogen) atoms. The predicted molar refractivity (Wildman–Crippen MR) is 212 cm³/mol. The molecule has 4 aromatic carbocycles. The van der Waals surface area contributed by atoms with E-state index in [9.17, 15) is 9.59 Å². The number of rotatable bonds is 18. The smallest absolute Gasteiger partial charge is 0.343 e. The Hall–Kier alpha value is -4.16. The summed E-state index contributed by atoms with van der Waals surface area (Å²) in [6.45, 7) is 8.88. The van der Waals surface area contributed by atoms with Crippen LogP contribution in [-0.2, 0) is 36.6 Å². The van der Waals surface area contributed by atoms with E-state index < -0.39 is 24.1 Å². The van der Waals surface area contributed by atoms with E-state index in [4.69, 9.17) is 23.7 Å². The fraction of sp³-hybridized carbons (Fsp3) is 0.381. The second-order valence-corrected chi connectivity index (χ2v) is 14.9. The highest BCUT2D eigenvalue weighted by atomic mass is 32.2. The monoisotopic (exact) mass is 756 g/mol. The van der Waals surface area contributed by atoms with Crippen molar-refractivity contribution >= 4 is 46.8 Å². The molecule has 2 unspecified atom stereocenters. The Balaban J connectivity index is 0.957. The number of anilines is 2. The van der Waals surface area contributed by atoms with E-state index in [1.807, 2.05) is 72.1 Å². The number of hydrogen-bond acceptors (Lipinski definition) is 11. The zero-order chi connectivity index (χ0) is 36.8. The van der Waals surface area contributed by atoms with Crippen molar-refractivity contribution in [1.82, 2.24) is 0 Å². The standard InChI is InChI=1S/C42H48N2O7S2/c1-3-47-37(29-31-13-17-33(18-14-31)49-25-21-43-23-27-52-39-11-7-5-9-35(39)43)41(45)51-42(46)38(48-4-2)30-32-15-19-34(20-16-32)50-26-22-44-24-28-53-40-12-8-6-10-36(40)44/h5-20,37-38H,3-4,21-30H2,1-2H3. The average molecular weight is 757 g/mol. The molecule has 2 heterocycles. The average Bonchev–Trinajstić information content (AvgIpc) is 3.19. The van der Waals surface area contributed by atoms with Crippen LogP contribution >= 0.6 is 23.5 Å². The van der Waals surface area contributed by atoms with Crippen molar-refractivity contribution in [3.8, 4) is 11.5 Å². The van der Waals surface area contributed by atoms with E-state index in [-0.39, 0.29) is 12.8 Å². The molecule has 9 nitrogen and oxygen atoms in total. The van der Waals surface area contributed by atoms with Crippen LogP contribution in [0.25, 0.3) is 0 Å². The minimum atomic E-state index is -0.941. The fourth-order valence-electron chi connectivity index (χ4n) is 6.39. The molecule has 0 amide bonds. The number of ether oxygens (including phenoxy) is 5. The van der Waals surface area contributed by atoms with Gasteiger partial charge in [-0.15, -0.1) is 23.5 Å². The topological polar surface area (TPSA) is 86.8 Å². The molecule has 2 atom stereocenters. The van der Waals surface area contributed by atoms with E-state index in [1.165, 1.54) is 21.2 Å². The Labute approximate surface area is 321 Å². The first-order chi connectivity index (χ1) is 26.0. The van der Waals surface area contributed by atoms with Gasteiger partial charge in [-0.05, 0) is 73.5 Å². The lowest BCUT2D eigenvalue weighted by molar-refractivity contribution is -0.175. The summed E-state index contributed by atoms with van der Waals surface area (Å²) in [5.41, 5.74) is 4.25. The quantitative estimate of drug-likeness (QED) is 0.0756. The number of carbonyl (C=O) groups is 2. The fourth-order valence-corrected chi connectivity index (χ4v) is 8.49. The van der Waals surface area contributed by atoms with E-state index in [1.54, 1.807) is 13.8 Å². The summed E-state index contributed by atoms with van der Waals surface area (Å²) in [5, 5.41) is 0. The van der Waals surface area contributed by atoms with Crippen molar-refractivity contribution in [2.24, 2.45) is 0 Å². The Morgan fingerprint density at radius 2 is 1.02 bits per heavy atom. The van der Waals surface area contributed by atoms with E-state index in [0.717, 1.165) is 60.3 Å². The van der Waals surface area contributed by atoms with Crippen molar-refractivity contribution in [3.05, 3.63) is 108 Å². The second-order valence-electron chi connectivity index (χ2n) is 12.6. The van der Waals surface area contributed by atoms with Crippen LogP contribution in [0.2, 0.25) is 0 Å². The summed E-state index contributed by atoms with van der Waals surface area (Å²) in [6, 6.07) is 32.1. The molecule has 2 aliphatic rings. The number of thioether (sulfide) groups is 2. The highest BCUT2D eigenvalue weighted by Crippen LogP contribution is 2.35. The lowest BCUT2D eigenvalue weighted by Crippen LogP contribution is -2.36. The number of hydrogen-bond donors (Lipinski definition) is 0. The number of carbonyl (C=O) groups excluding carboxylic acids is 2. The Morgan fingerprint density at radius 1 is 0.604 bits per heavy atom. The van der Waals surface area contributed by atoms with E-state index >= 15 is 0 Å². The largest absolute Gasteiger partial charge is 0.492 e. The van der Waals surface area contributed by atoms with Gasteiger partial charge in [-0.25, -0.2) is 9.59 Å². The second kappa shape index (κ2) is 19.8. The molecule has 6 rings (SSSR count). The van der Waals surface area contributed by atoms with Crippen molar-refractivity contribution in [2.75, 3.05) is 73.9 Å². The summed E-state index contributed by atoms with van der Waals surface area (Å²) >= 11 is 3.78. The number of para-hydroxylation sites is 2. The molecule has 0 saturated heterocycles. The van der Waals surface area contributed by atoms with Gasteiger partial charge in [0.15, 0.2) is 12.2 Å². The molecule has 0 aromatic heterocycles. The lowest BCUT2D eigenvalue weighted by atomic mass is 10.1. The third kappa shape index (κ3) is 10.9. The molecule has 2 aliphatic heterocycles. The maximum Gasteiger partial charge on any atom is 0.343 e. The Bertz CT molecular complexity index is 1640. The summed E-state index contributed by atoms with van der Waals surface area (Å²) < 4.78 is 28.9. The molecule has 11 heteroatoms. The molecule has 0 radical (unpaired) electrons. The predicted octanol–water partition coefficient (Wildman–Crippen LogP) is 7.33. The minimum Gasteiger partial charge on any atom is -0.492 e. The summed E-state index contributed by atoms with van der Waals surface area (Å²) in [5.74, 6) is 2.15.